The maximum absolute atomic E-state index is 6.08. The van der Waals surface area contributed by atoms with Crippen LogP contribution in [0.1, 0.15) is 12.6 Å². The quantitative estimate of drug-likeness (QED) is 0.796. The summed E-state index contributed by atoms with van der Waals surface area (Å²) in [5.74, 6) is 1.59. The van der Waals surface area contributed by atoms with E-state index >= 15 is 0 Å². The number of aromatic nitrogens is 2. The van der Waals surface area contributed by atoms with Crippen LogP contribution in [0.4, 0.5) is 5.82 Å². The van der Waals surface area contributed by atoms with Gasteiger partial charge >= 0.3 is 0 Å². The molecule has 3 aromatic rings. The fraction of sp³-hybridized carbons (Fsp3) is 0.214. The van der Waals surface area contributed by atoms with Gasteiger partial charge in [-0.1, -0.05) is 0 Å². The highest BCUT2D eigenvalue weighted by molar-refractivity contribution is 7.15. The fourth-order valence-electron chi connectivity index (χ4n) is 2.07. The molecule has 0 bridgehead atoms. The number of benzene rings is 1. The number of ether oxygens (including phenoxy) is 1. The van der Waals surface area contributed by atoms with Crippen LogP contribution in [0, 0.1) is 6.92 Å². The van der Waals surface area contributed by atoms with Gasteiger partial charge in [0.15, 0.2) is 4.96 Å². The molecule has 0 saturated heterocycles. The van der Waals surface area contributed by atoms with Crippen molar-refractivity contribution in [3.05, 3.63) is 35.3 Å². The molecule has 0 fully saturated rings. The normalized spacial score (nSPS) is 11.1. The number of aryl methyl sites for hydroxylation is 1. The molecule has 0 aliphatic heterocycles. The van der Waals surface area contributed by atoms with Crippen LogP contribution in [0.3, 0.4) is 0 Å². The Hall–Kier alpha value is -2.01. The van der Waals surface area contributed by atoms with Crippen LogP contribution in [-0.2, 0) is 0 Å². The lowest BCUT2D eigenvalue weighted by atomic mass is 10.1. The Kier molecular flexibility index (Phi) is 2.91. The first-order valence-electron chi connectivity index (χ1n) is 6.16. The number of hydrogen-bond donors (Lipinski definition) is 1. The van der Waals surface area contributed by atoms with Gasteiger partial charge < -0.3 is 10.5 Å². The minimum absolute atomic E-state index is 0.676. The third kappa shape index (κ3) is 1.96. The van der Waals surface area contributed by atoms with E-state index in [1.807, 2.05) is 42.5 Å². The van der Waals surface area contributed by atoms with E-state index in [9.17, 15) is 0 Å². The molecule has 2 heterocycles. The van der Waals surface area contributed by atoms with Crippen LogP contribution in [0.15, 0.2) is 29.6 Å². The van der Waals surface area contributed by atoms with Crippen molar-refractivity contribution in [2.24, 2.45) is 0 Å². The number of imidazole rings is 1. The lowest BCUT2D eigenvalue weighted by Crippen LogP contribution is -1.95. The van der Waals surface area contributed by atoms with Gasteiger partial charge in [-0.3, -0.25) is 4.40 Å². The minimum Gasteiger partial charge on any atom is -0.494 e. The Balaban J connectivity index is 2.08. The summed E-state index contributed by atoms with van der Waals surface area (Å²) in [4.78, 5) is 5.37. The molecule has 3 rings (SSSR count). The molecule has 0 atom stereocenters. The summed E-state index contributed by atoms with van der Waals surface area (Å²) in [6.07, 6.45) is 0. The van der Waals surface area contributed by atoms with Crippen molar-refractivity contribution in [3.8, 4) is 17.0 Å². The molecule has 2 N–H and O–H groups in total. The standard InChI is InChI=1S/C14H15N3OS/c1-3-18-11-6-4-10(5-7-11)12-8-19-14-16-9(2)13(15)17(12)14/h4-8H,3,15H2,1-2H3. The summed E-state index contributed by atoms with van der Waals surface area (Å²) in [7, 11) is 0. The summed E-state index contributed by atoms with van der Waals surface area (Å²) in [5, 5.41) is 2.08. The molecule has 0 amide bonds. The van der Waals surface area contributed by atoms with E-state index in [1.54, 1.807) is 11.3 Å². The van der Waals surface area contributed by atoms with Crippen molar-refractivity contribution < 1.29 is 4.74 Å². The first-order valence-corrected chi connectivity index (χ1v) is 7.04. The van der Waals surface area contributed by atoms with E-state index in [-0.39, 0.29) is 0 Å². The Morgan fingerprint density at radius 3 is 2.74 bits per heavy atom. The Labute approximate surface area is 115 Å². The average Bonchev–Trinajstić information content (AvgIpc) is 2.93. The molecule has 2 aromatic heterocycles. The molecule has 0 spiro atoms. The second-order valence-electron chi connectivity index (χ2n) is 4.28. The molecule has 98 valence electrons. The largest absolute Gasteiger partial charge is 0.494 e. The fourth-order valence-corrected chi connectivity index (χ4v) is 3.02. The number of hydrogen-bond acceptors (Lipinski definition) is 4. The van der Waals surface area contributed by atoms with Crippen LogP contribution in [0.25, 0.3) is 16.2 Å². The summed E-state index contributed by atoms with van der Waals surface area (Å²) in [6, 6.07) is 8.03. The number of nitrogens with zero attached hydrogens (tertiary/aromatic N) is 2. The number of thiazole rings is 1. The van der Waals surface area contributed by atoms with Gasteiger partial charge in [0.05, 0.1) is 18.0 Å². The third-order valence-corrected chi connectivity index (χ3v) is 3.87. The lowest BCUT2D eigenvalue weighted by Gasteiger charge is -2.05. The summed E-state index contributed by atoms with van der Waals surface area (Å²) in [5.41, 5.74) is 9.14. The molecule has 5 heteroatoms. The predicted molar refractivity (Wildman–Crippen MR) is 78.8 cm³/mol. The molecular formula is C14H15N3OS. The Bertz CT molecular complexity index is 712. The topological polar surface area (TPSA) is 52.5 Å². The highest BCUT2D eigenvalue weighted by Gasteiger charge is 2.12. The SMILES string of the molecule is CCOc1ccc(-c2csc3nc(C)c(N)n23)cc1. The Morgan fingerprint density at radius 1 is 1.32 bits per heavy atom. The monoisotopic (exact) mass is 273 g/mol. The van der Waals surface area contributed by atoms with Crippen LogP contribution in [0.5, 0.6) is 5.75 Å². The number of anilines is 1. The lowest BCUT2D eigenvalue weighted by molar-refractivity contribution is 0.340. The first-order chi connectivity index (χ1) is 9.20. The van der Waals surface area contributed by atoms with Gasteiger partial charge in [0, 0.05) is 5.38 Å². The van der Waals surface area contributed by atoms with E-state index < -0.39 is 0 Å². The maximum Gasteiger partial charge on any atom is 0.196 e. The molecule has 4 nitrogen and oxygen atoms in total. The number of fused-ring (bicyclic) bond motifs is 1. The van der Waals surface area contributed by atoms with E-state index in [1.165, 1.54) is 0 Å². The van der Waals surface area contributed by atoms with Gasteiger partial charge in [0.25, 0.3) is 0 Å². The van der Waals surface area contributed by atoms with Crippen molar-refractivity contribution in [1.82, 2.24) is 9.38 Å². The summed E-state index contributed by atoms with van der Waals surface area (Å²) in [6.45, 7) is 4.58. The zero-order valence-corrected chi connectivity index (χ0v) is 11.7. The Morgan fingerprint density at radius 2 is 2.05 bits per heavy atom. The van der Waals surface area contributed by atoms with Crippen molar-refractivity contribution in [3.63, 3.8) is 0 Å². The smallest absolute Gasteiger partial charge is 0.196 e. The third-order valence-electron chi connectivity index (χ3n) is 3.04. The van der Waals surface area contributed by atoms with Crippen molar-refractivity contribution in [2.45, 2.75) is 13.8 Å². The summed E-state index contributed by atoms with van der Waals surface area (Å²) < 4.78 is 7.45. The van der Waals surface area contributed by atoms with Crippen molar-refractivity contribution >= 4 is 22.1 Å². The molecule has 0 saturated carbocycles. The van der Waals surface area contributed by atoms with Gasteiger partial charge in [0.2, 0.25) is 0 Å². The van der Waals surface area contributed by atoms with Gasteiger partial charge in [-0.05, 0) is 43.7 Å². The number of nitrogens with two attached hydrogens (primary N) is 1. The highest BCUT2D eigenvalue weighted by Crippen LogP contribution is 2.30. The van der Waals surface area contributed by atoms with Gasteiger partial charge in [-0.15, -0.1) is 11.3 Å². The van der Waals surface area contributed by atoms with Gasteiger partial charge in [0.1, 0.15) is 11.6 Å². The van der Waals surface area contributed by atoms with E-state index in [0.29, 0.717) is 12.4 Å². The highest BCUT2D eigenvalue weighted by atomic mass is 32.1. The number of nitrogen functional groups attached to an aromatic ring is 1. The summed E-state index contributed by atoms with van der Waals surface area (Å²) >= 11 is 1.60. The second kappa shape index (κ2) is 4.59. The van der Waals surface area contributed by atoms with Crippen LogP contribution in [-0.4, -0.2) is 16.0 Å². The van der Waals surface area contributed by atoms with Crippen molar-refractivity contribution in [1.29, 1.82) is 0 Å². The van der Waals surface area contributed by atoms with Gasteiger partial charge in [-0.25, -0.2) is 4.98 Å². The van der Waals surface area contributed by atoms with Crippen molar-refractivity contribution in [2.75, 3.05) is 12.3 Å². The molecule has 0 aliphatic rings. The maximum atomic E-state index is 6.08. The molecular weight excluding hydrogens is 258 g/mol. The first kappa shape index (κ1) is 12.0. The van der Waals surface area contributed by atoms with E-state index in [2.05, 4.69) is 10.4 Å². The molecule has 1 aromatic carbocycles. The second-order valence-corrected chi connectivity index (χ2v) is 5.12. The number of rotatable bonds is 3. The molecule has 0 radical (unpaired) electrons. The molecule has 0 unspecified atom stereocenters. The molecule has 0 aliphatic carbocycles. The van der Waals surface area contributed by atoms with Crippen LogP contribution >= 0.6 is 11.3 Å². The predicted octanol–water partition coefficient (Wildman–Crippen LogP) is 3.35. The van der Waals surface area contributed by atoms with Crippen LogP contribution in [0.2, 0.25) is 0 Å². The zero-order valence-electron chi connectivity index (χ0n) is 10.9. The van der Waals surface area contributed by atoms with Crippen LogP contribution < -0.4 is 10.5 Å². The zero-order chi connectivity index (χ0) is 13.4. The minimum atomic E-state index is 0.676. The average molecular weight is 273 g/mol. The molecule has 19 heavy (non-hydrogen) atoms. The van der Waals surface area contributed by atoms with E-state index in [4.69, 9.17) is 10.5 Å². The van der Waals surface area contributed by atoms with Gasteiger partial charge in [-0.2, -0.15) is 0 Å². The van der Waals surface area contributed by atoms with E-state index in [0.717, 1.165) is 27.7 Å².